The summed E-state index contributed by atoms with van der Waals surface area (Å²) in [5.41, 5.74) is 1.71. The highest BCUT2D eigenvalue weighted by Gasteiger charge is 2.32. The van der Waals surface area contributed by atoms with Crippen molar-refractivity contribution < 1.29 is 13.2 Å². The number of benzene rings is 2. The number of rotatable bonds is 10. The van der Waals surface area contributed by atoms with E-state index in [0.717, 1.165) is 30.6 Å². The first-order valence-corrected chi connectivity index (χ1v) is 13.1. The first-order chi connectivity index (χ1) is 15.0. The molecule has 0 unspecified atom stereocenters. The lowest BCUT2D eigenvalue weighted by atomic mass is 9.85. The molecule has 0 saturated heterocycles. The Hall–Kier alpha value is -2.18. The molecular formula is C25H34N2O3S. The fraction of sp³-hybridized carbons (Fsp3) is 0.480. The zero-order chi connectivity index (χ0) is 22.1. The van der Waals surface area contributed by atoms with Crippen LogP contribution in [0, 0.1) is 5.92 Å². The minimum Gasteiger partial charge on any atom is -0.281 e. The number of amides is 1. The number of hydrogen-bond donors (Lipinski definition) is 1. The Morgan fingerprint density at radius 2 is 1.42 bits per heavy atom. The maximum absolute atomic E-state index is 13.5. The van der Waals surface area contributed by atoms with Gasteiger partial charge in [0.15, 0.2) is 0 Å². The van der Waals surface area contributed by atoms with Crippen molar-refractivity contribution in [3.63, 3.8) is 0 Å². The van der Waals surface area contributed by atoms with E-state index < -0.39 is 10.0 Å². The van der Waals surface area contributed by atoms with Crippen LogP contribution in [-0.4, -0.2) is 26.1 Å². The van der Waals surface area contributed by atoms with E-state index in [1.54, 1.807) is 4.90 Å². The van der Waals surface area contributed by atoms with Gasteiger partial charge in [-0.25, -0.2) is 13.1 Å². The lowest BCUT2D eigenvalue weighted by Crippen LogP contribution is -2.42. The smallest absolute Gasteiger partial charge is 0.234 e. The van der Waals surface area contributed by atoms with Crippen LogP contribution in [0.5, 0.6) is 0 Å². The molecule has 2 aromatic rings. The highest BCUT2D eigenvalue weighted by atomic mass is 32.2. The van der Waals surface area contributed by atoms with Crippen LogP contribution in [0.15, 0.2) is 60.7 Å². The zero-order valence-electron chi connectivity index (χ0n) is 18.4. The number of hydrogen-bond acceptors (Lipinski definition) is 3. The van der Waals surface area contributed by atoms with Gasteiger partial charge in [0.1, 0.15) is 0 Å². The number of carbonyl (C=O) groups is 1. The van der Waals surface area contributed by atoms with Gasteiger partial charge >= 0.3 is 0 Å². The van der Waals surface area contributed by atoms with Crippen molar-refractivity contribution in [2.75, 3.05) is 10.7 Å². The van der Waals surface area contributed by atoms with Crippen LogP contribution >= 0.6 is 0 Å². The van der Waals surface area contributed by atoms with Crippen LogP contribution in [-0.2, 0) is 14.8 Å². The number of sulfonamides is 1. The first-order valence-electron chi connectivity index (χ1n) is 11.4. The van der Waals surface area contributed by atoms with Gasteiger partial charge in [-0.3, -0.25) is 9.69 Å². The average Bonchev–Trinajstić information content (AvgIpc) is 2.78. The van der Waals surface area contributed by atoms with Crippen molar-refractivity contribution in [3.8, 4) is 0 Å². The molecule has 1 amide bonds. The van der Waals surface area contributed by atoms with Crippen LogP contribution in [0.4, 0.5) is 11.4 Å². The van der Waals surface area contributed by atoms with Crippen molar-refractivity contribution in [3.05, 3.63) is 60.7 Å². The van der Waals surface area contributed by atoms with Gasteiger partial charge in [-0.05, 0) is 56.4 Å². The second-order valence-electron chi connectivity index (χ2n) is 8.39. The third-order valence-electron chi connectivity index (χ3n) is 5.94. The van der Waals surface area contributed by atoms with Crippen LogP contribution in [0.1, 0.15) is 58.3 Å². The van der Waals surface area contributed by atoms with E-state index in [4.69, 9.17) is 0 Å². The van der Waals surface area contributed by atoms with E-state index in [0.29, 0.717) is 32.1 Å². The summed E-state index contributed by atoms with van der Waals surface area (Å²) in [6.07, 6.45) is 6.60. The molecule has 2 aromatic carbocycles. The van der Waals surface area contributed by atoms with Gasteiger partial charge in [0.25, 0.3) is 0 Å². The molecule has 1 fully saturated rings. The number of nitrogens with zero attached hydrogens (tertiary/aromatic N) is 1. The fourth-order valence-electron chi connectivity index (χ4n) is 4.23. The largest absolute Gasteiger partial charge is 0.281 e. The number of nitrogens with one attached hydrogen (secondary N) is 1. The molecule has 0 radical (unpaired) electrons. The minimum absolute atomic E-state index is 0.0675. The molecule has 31 heavy (non-hydrogen) atoms. The van der Waals surface area contributed by atoms with Crippen LogP contribution in [0.25, 0.3) is 0 Å². The molecule has 0 atom stereocenters. The number of unbranched alkanes of at least 4 members (excludes halogenated alkanes) is 3. The molecule has 1 aliphatic carbocycles. The Bertz CT molecular complexity index is 869. The van der Waals surface area contributed by atoms with Crippen LogP contribution < -0.4 is 9.62 Å². The molecule has 1 aliphatic rings. The average molecular weight is 443 g/mol. The highest BCUT2D eigenvalue weighted by Crippen LogP contribution is 2.32. The highest BCUT2D eigenvalue weighted by molar-refractivity contribution is 7.89. The Kier molecular flexibility index (Phi) is 8.67. The monoisotopic (exact) mass is 442 g/mol. The summed E-state index contributed by atoms with van der Waals surface area (Å²) in [5, 5.41) is 0. The predicted octanol–water partition coefficient (Wildman–Crippen LogP) is 5.41. The summed E-state index contributed by atoms with van der Waals surface area (Å²) in [7, 11) is -3.25. The zero-order valence-corrected chi connectivity index (χ0v) is 19.2. The third kappa shape index (κ3) is 6.91. The number of anilines is 2. The van der Waals surface area contributed by atoms with Crippen molar-refractivity contribution in [1.82, 2.24) is 4.72 Å². The number of carbonyl (C=O) groups excluding carboxylic acids is 1. The van der Waals surface area contributed by atoms with E-state index in [9.17, 15) is 13.2 Å². The standard InChI is InChI=1S/C25H34N2O3S/c1-2-3-4-11-20-31(29,30)26-22-18-16-21(17-19-22)25(28)27(23-12-7-5-8-13-23)24-14-9-6-10-15-24/h5-10,12-15,21-22,26H,2-4,11,16-20H2,1H3. The van der Waals surface area contributed by atoms with E-state index in [1.807, 2.05) is 60.7 Å². The van der Waals surface area contributed by atoms with Gasteiger partial charge < -0.3 is 0 Å². The van der Waals surface area contributed by atoms with Crippen LogP contribution in [0.2, 0.25) is 0 Å². The van der Waals surface area contributed by atoms with Gasteiger partial charge in [0.05, 0.1) is 5.75 Å². The molecule has 1 saturated carbocycles. The summed E-state index contributed by atoms with van der Waals surface area (Å²) in [6, 6.07) is 19.3. The van der Waals surface area contributed by atoms with E-state index in [1.165, 1.54) is 0 Å². The molecule has 6 heteroatoms. The molecule has 0 aromatic heterocycles. The molecule has 1 N–H and O–H groups in total. The summed E-state index contributed by atoms with van der Waals surface area (Å²) < 4.78 is 27.6. The molecule has 0 bridgehead atoms. The first kappa shape index (κ1) is 23.5. The van der Waals surface area contributed by atoms with Crippen molar-refractivity contribution >= 4 is 27.3 Å². The molecule has 5 nitrogen and oxygen atoms in total. The lowest BCUT2D eigenvalue weighted by molar-refractivity contribution is -0.122. The molecule has 0 heterocycles. The Morgan fingerprint density at radius 1 is 0.871 bits per heavy atom. The van der Waals surface area contributed by atoms with E-state index in [2.05, 4.69) is 11.6 Å². The summed E-state index contributed by atoms with van der Waals surface area (Å²) in [5.74, 6) is 0.172. The van der Waals surface area contributed by atoms with E-state index >= 15 is 0 Å². The van der Waals surface area contributed by atoms with Gasteiger partial charge in [0.2, 0.25) is 15.9 Å². The van der Waals surface area contributed by atoms with Crippen molar-refractivity contribution in [2.24, 2.45) is 5.92 Å². The molecule has 3 rings (SSSR count). The Labute approximate surface area is 186 Å². The lowest BCUT2D eigenvalue weighted by Gasteiger charge is -2.32. The minimum atomic E-state index is -3.25. The predicted molar refractivity (Wildman–Crippen MR) is 127 cm³/mol. The van der Waals surface area contributed by atoms with E-state index in [-0.39, 0.29) is 23.6 Å². The maximum atomic E-state index is 13.5. The topological polar surface area (TPSA) is 66.5 Å². The molecular weight excluding hydrogens is 408 g/mol. The van der Waals surface area contributed by atoms with Crippen molar-refractivity contribution in [1.29, 1.82) is 0 Å². The van der Waals surface area contributed by atoms with Crippen LogP contribution in [0.3, 0.4) is 0 Å². The SMILES string of the molecule is CCCCCCS(=O)(=O)NC1CCC(C(=O)N(c2ccccc2)c2ccccc2)CC1. The Morgan fingerprint density at radius 3 is 1.94 bits per heavy atom. The second-order valence-corrected chi connectivity index (χ2v) is 10.3. The summed E-state index contributed by atoms with van der Waals surface area (Å²) in [4.78, 5) is 15.3. The molecule has 0 aliphatic heterocycles. The molecule has 168 valence electrons. The maximum Gasteiger partial charge on any atom is 0.234 e. The summed E-state index contributed by atoms with van der Waals surface area (Å²) in [6.45, 7) is 2.11. The quantitative estimate of drug-likeness (QED) is 0.500. The van der Waals surface area contributed by atoms with Crippen molar-refractivity contribution in [2.45, 2.75) is 64.3 Å². The van der Waals surface area contributed by atoms with Gasteiger partial charge in [0, 0.05) is 23.3 Å². The fourth-order valence-corrected chi connectivity index (χ4v) is 5.68. The van der Waals surface area contributed by atoms with Gasteiger partial charge in [-0.2, -0.15) is 0 Å². The van der Waals surface area contributed by atoms with Gasteiger partial charge in [-0.1, -0.05) is 62.6 Å². The Balaban J connectivity index is 1.60. The van der Waals surface area contributed by atoms with Gasteiger partial charge in [-0.15, -0.1) is 0 Å². The second kappa shape index (κ2) is 11.4. The normalized spacial score (nSPS) is 19.1. The number of para-hydroxylation sites is 2. The molecule has 0 spiro atoms. The third-order valence-corrected chi connectivity index (χ3v) is 7.46. The summed E-state index contributed by atoms with van der Waals surface area (Å²) >= 11 is 0.